The van der Waals surface area contributed by atoms with E-state index in [9.17, 15) is 0 Å². The Balaban J connectivity index is 1.59. The fourth-order valence-corrected chi connectivity index (χ4v) is 3.95. The van der Waals surface area contributed by atoms with E-state index in [1.165, 1.54) is 43.8 Å². The summed E-state index contributed by atoms with van der Waals surface area (Å²) >= 11 is 0. The molecule has 0 spiro atoms. The highest BCUT2D eigenvalue weighted by Crippen LogP contribution is 2.30. The van der Waals surface area contributed by atoms with E-state index >= 15 is 0 Å². The molecule has 0 unspecified atom stereocenters. The lowest BCUT2D eigenvalue weighted by atomic mass is 9.92. The monoisotopic (exact) mass is 344 g/mol. The van der Waals surface area contributed by atoms with E-state index in [1.54, 1.807) is 0 Å². The van der Waals surface area contributed by atoms with E-state index in [-0.39, 0.29) is 0 Å². The first-order valence-corrected chi connectivity index (χ1v) is 9.42. The molecule has 128 valence electrons. The maximum absolute atomic E-state index is 2.30. The van der Waals surface area contributed by atoms with Gasteiger partial charge in [-0.3, -0.25) is 0 Å². The Morgan fingerprint density at radius 3 is 1.59 bits per heavy atom. The van der Waals surface area contributed by atoms with Crippen molar-refractivity contribution in [3.63, 3.8) is 0 Å². The van der Waals surface area contributed by atoms with E-state index in [0.29, 0.717) is 0 Å². The summed E-state index contributed by atoms with van der Waals surface area (Å²) in [6.07, 6.45) is 0.941. The Labute approximate surface area is 159 Å². The van der Waals surface area contributed by atoms with Crippen molar-refractivity contribution in [1.29, 1.82) is 0 Å². The first-order chi connectivity index (χ1) is 13.4. The van der Waals surface area contributed by atoms with Crippen LogP contribution in [0.1, 0.15) is 11.1 Å². The van der Waals surface area contributed by atoms with Crippen LogP contribution in [0.5, 0.6) is 0 Å². The molecule has 5 aromatic carbocycles. The molecule has 0 nitrogen and oxygen atoms in total. The maximum atomic E-state index is 2.30. The number of hydrogen-bond acceptors (Lipinski definition) is 0. The van der Waals surface area contributed by atoms with Gasteiger partial charge < -0.3 is 0 Å². The van der Waals surface area contributed by atoms with Gasteiger partial charge in [0.1, 0.15) is 0 Å². The van der Waals surface area contributed by atoms with Gasteiger partial charge in [0, 0.05) is 0 Å². The molecule has 0 aliphatic carbocycles. The second kappa shape index (κ2) is 6.74. The zero-order chi connectivity index (χ0) is 18.1. The molecule has 0 heteroatoms. The molecule has 0 fully saturated rings. The Morgan fingerprint density at radius 1 is 0.444 bits per heavy atom. The van der Waals surface area contributed by atoms with Crippen LogP contribution in [0, 0.1) is 0 Å². The topological polar surface area (TPSA) is 0 Å². The van der Waals surface area contributed by atoms with Gasteiger partial charge in [-0.25, -0.2) is 0 Å². The Bertz CT molecular complexity index is 1160. The van der Waals surface area contributed by atoms with Gasteiger partial charge in [-0.2, -0.15) is 0 Å². The molecule has 0 heterocycles. The van der Waals surface area contributed by atoms with Crippen LogP contribution < -0.4 is 0 Å². The van der Waals surface area contributed by atoms with Gasteiger partial charge in [-0.1, -0.05) is 103 Å². The van der Waals surface area contributed by atoms with Crippen molar-refractivity contribution in [2.45, 2.75) is 6.42 Å². The summed E-state index contributed by atoms with van der Waals surface area (Å²) in [7, 11) is 0. The minimum Gasteiger partial charge on any atom is -0.0622 e. The van der Waals surface area contributed by atoms with Crippen molar-refractivity contribution < 1.29 is 0 Å². The lowest BCUT2D eigenvalue weighted by Gasteiger charge is -2.12. The van der Waals surface area contributed by atoms with Crippen molar-refractivity contribution in [3.8, 4) is 11.1 Å². The van der Waals surface area contributed by atoms with Crippen molar-refractivity contribution in [2.24, 2.45) is 0 Å². The molecule has 0 radical (unpaired) electrons. The van der Waals surface area contributed by atoms with Crippen LogP contribution in [-0.2, 0) is 6.42 Å². The second-order valence-electron chi connectivity index (χ2n) is 7.04. The molecular weight excluding hydrogens is 324 g/mol. The largest absolute Gasteiger partial charge is 0.0622 e. The standard InChI is InChI=1S/C27H20/c1-2-8-21(9-3-1)22-16-14-20(15-17-22)18-27-25-12-6-4-10-23(25)19-24-11-5-7-13-26(24)27/h1-17,19H,18H2. The molecule has 27 heavy (non-hydrogen) atoms. The maximum Gasteiger partial charge on any atom is -0.00134 e. The molecule has 0 aliphatic heterocycles. The minimum atomic E-state index is 0.941. The molecule has 0 saturated carbocycles. The predicted octanol–water partition coefficient (Wildman–Crippen LogP) is 7.25. The quantitative estimate of drug-likeness (QED) is 0.302. The molecular formula is C27H20. The number of benzene rings is 5. The molecule has 0 atom stereocenters. The van der Waals surface area contributed by atoms with Gasteiger partial charge in [-0.05, 0) is 56.3 Å². The van der Waals surface area contributed by atoms with Crippen LogP contribution in [0.3, 0.4) is 0 Å². The third kappa shape index (κ3) is 3.00. The highest BCUT2D eigenvalue weighted by Gasteiger charge is 2.08. The Kier molecular flexibility index (Phi) is 3.95. The summed E-state index contributed by atoms with van der Waals surface area (Å²) in [4.78, 5) is 0. The molecule has 5 aromatic rings. The van der Waals surface area contributed by atoms with E-state index in [0.717, 1.165) is 6.42 Å². The van der Waals surface area contributed by atoms with Crippen LogP contribution >= 0.6 is 0 Å². The number of rotatable bonds is 3. The van der Waals surface area contributed by atoms with Gasteiger partial charge in [0.25, 0.3) is 0 Å². The summed E-state index contributed by atoms with van der Waals surface area (Å²) in [5.74, 6) is 0. The number of fused-ring (bicyclic) bond motifs is 2. The molecule has 0 aliphatic rings. The lowest BCUT2D eigenvalue weighted by molar-refractivity contribution is 1.23. The fraction of sp³-hybridized carbons (Fsp3) is 0.0370. The summed E-state index contributed by atoms with van der Waals surface area (Å²) in [5.41, 5.74) is 5.29. The summed E-state index contributed by atoms with van der Waals surface area (Å²) in [6, 6.07) is 39.3. The Morgan fingerprint density at radius 2 is 0.963 bits per heavy atom. The van der Waals surface area contributed by atoms with Crippen LogP contribution in [0.15, 0.2) is 109 Å². The molecule has 0 aromatic heterocycles. The van der Waals surface area contributed by atoms with Crippen LogP contribution in [0.4, 0.5) is 0 Å². The highest BCUT2D eigenvalue weighted by molar-refractivity contribution is 6.02. The van der Waals surface area contributed by atoms with Gasteiger partial charge in [0.15, 0.2) is 0 Å². The summed E-state index contributed by atoms with van der Waals surface area (Å²) < 4.78 is 0. The fourth-order valence-electron chi connectivity index (χ4n) is 3.95. The van der Waals surface area contributed by atoms with Gasteiger partial charge in [0.05, 0.1) is 0 Å². The highest BCUT2D eigenvalue weighted by atomic mass is 14.1. The molecule has 0 bridgehead atoms. The normalized spacial score (nSPS) is 11.1. The first-order valence-electron chi connectivity index (χ1n) is 9.42. The summed E-state index contributed by atoms with van der Waals surface area (Å²) in [6.45, 7) is 0. The third-order valence-electron chi connectivity index (χ3n) is 5.32. The third-order valence-corrected chi connectivity index (χ3v) is 5.32. The first kappa shape index (κ1) is 15.8. The molecule has 5 rings (SSSR count). The molecule has 0 N–H and O–H groups in total. The van der Waals surface area contributed by atoms with Gasteiger partial charge >= 0.3 is 0 Å². The number of hydrogen-bond donors (Lipinski definition) is 0. The van der Waals surface area contributed by atoms with Crippen molar-refractivity contribution in [1.82, 2.24) is 0 Å². The smallest absolute Gasteiger partial charge is 0.00134 e. The zero-order valence-corrected chi connectivity index (χ0v) is 15.1. The van der Waals surface area contributed by atoms with E-state index in [2.05, 4.69) is 109 Å². The van der Waals surface area contributed by atoms with Gasteiger partial charge in [-0.15, -0.1) is 0 Å². The summed E-state index contributed by atoms with van der Waals surface area (Å²) in [5, 5.41) is 5.32. The van der Waals surface area contributed by atoms with Crippen molar-refractivity contribution in [3.05, 3.63) is 120 Å². The Hall–Kier alpha value is -3.38. The molecule has 0 saturated heterocycles. The van der Waals surface area contributed by atoms with Crippen LogP contribution in [-0.4, -0.2) is 0 Å². The van der Waals surface area contributed by atoms with E-state index in [1.807, 2.05) is 0 Å². The van der Waals surface area contributed by atoms with Crippen molar-refractivity contribution in [2.75, 3.05) is 0 Å². The second-order valence-corrected chi connectivity index (χ2v) is 7.04. The van der Waals surface area contributed by atoms with Crippen LogP contribution in [0.2, 0.25) is 0 Å². The van der Waals surface area contributed by atoms with Crippen molar-refractivity contribution >= 4 is 21.5 Å². The lowest BCUT2D eigenvalue weighted by Crippen LogP contribution is -1.93. The predicted molar refractivity (Wildman–Crippen MR) is 116 cm³/mol. The average molecular weight is 344 g/mol. The minimum absolute atomic E-state index is 0.941. The zero-order valence-electron chi connectivity index (χ0n) is 15.1. The van der Waals surface area contributed by atoms with E-state index in [4.69, 9.17) is 0 Å². The SMILES string of the molecule is c1ccc(-c2ccc(Cc3c4ccccc4cc4ccccc34)cc2)cc1. The molecule has 0 amide bonds. The average Bonchev–Trinajstić information content (AvgIpc) is 2.75. The van der Waals surface area contributed by atoms with Crippen LogP contribution in [0.25, 0.3) is 32.7 Å². The van der Waals surface area contributed by atoms with E-state index < -0.39 is 0 Å². The van der Waals surface area contributed by atoms with Gasteiger partial charge in [0.2, 0.25) is 0 Å².